The maximum absolute atomic E-state index is 12.3. The second-order valence-electron chi connectivity index (χ2n) is 5.17. The van der Waals surface area contributed by atoms with Crippen LogP contribution in [-0.2, 0) is 6.42 Å². The summed E-state index contributed by atoms with van der Waals surface area (Å²) in [5.41, 5.74) is 2.14. The third-order valence-electron chi connectivity index (χ3n) is 3.76. The summed E-state index contributed by atoms with van der Waals surface area (Å²) < 4.78 is 1.91. The summed E-state index contributed by atoms with van der Waals surface area (Å²) in [5, 5.41) is 10.5. The minimum atomic E-state index is -0.184. The molecule has 0 spiro atoms. The fourth-order valence-corrected chi connectivity index (χ4v) is 2.59. The van der Waals surface area contributed by atoms with Gasteiger partial charge in [0.25, 0.3) is 5.91 Å². The lowest BCUT2D eigenvalue weighted by Crippen LogP contribution is -2.16. The van der Waals surface area contributed by atoms with Crippen molar-refractivity contribution in [1.29, 1.82) is 0 Å². The first-order valence-corrected chi connectivity index (χ1v) is 7.28. The SMILES string of the molecule is CCc1cccnc1C(=O)Nc1cnn(C2CCNC2)c1. The number of hydrogen-bond acceptors (Lipinski definition) is 4. The van der Waals surface area contributed by atoms with Crippen molar-refractivity contribution in [3.63, 3.8) is 0 Å². The Morgan fingerprint density at radius 3 is 3.24 bits per heavy atom. The number of pyridine rings is 1. The first kappa shape index (κ1) is 13.8. The predicted octanol–water partition coefficient (Wildman–Crippen LogP) is 1.63. The van der Waals surface area contributed by atoms with E-state index >= 15 is 0 Å². The van der Waals surface area contributed by atoms with Gasteiger partial charge < -0.3 is 10.6 Å². The van der Waals surface area contributed by atoms with Crippen molar-refractivity contribution in [3.8, 4) is 0 Å². The highest BCUT2D eigenvalue weighted by molar-refractivity contribution is 6.03. The molecule has 1 fully saturated rings. The Bertz CT molecular complexity index is 630. The number of amides is 1. The lowest BCUT2D eigenvalue weighted by Gasteiger charge is -2.08. The predicted molar refractivity (Wildman–Crippen MR) is 80.3 cm³/mol. The van der Waals surface area contributed by atoms with E-state index in [0.29, 0.717) is 17.4 Å². The molecule has 21 heavy (non-hydrogen) atoms. The van der Waals surface area contributed by atoms with Gasteiger partial charge in [0.05, 0.1) is 17.9 Å². The van der Waals surface area contributed by atoms with Crippen LogP contribution in [0.1, 0.15) is 35.4 Å². The van der Waals surface area contributed by atoms with Crippen LogP contribution < -0.4 is 10.6 Å². The number of hydrogen-bond donors (Lipinski definition) is 2. The second kappa shape index (κ2) is 6.05. The van der Waals surface area contributed by atoms with Gasteiger partial charge in [0, 0.05) is 18.9 Å². The Kier molecular flexibility index (Phi) is 3.96. The maximum Gasteiger partial charge on any atom is 0.274 e. The molecule has 0 aromatic carbocycles. The number of aromatic nitrogens is 3. The number of rotatable bonds is 4. The fourth-order valence-electron chi connectivity index (χ4n) is 2.59. The van der Waals surface area contributed by atoms with Crippen molar-refractivity contribution in [2.75, 3.05) is 18.4 Å². The van der Waals surface area contributed by atoms with Crippen molar-refractivity contribution in [2.45, 2.75) is 25.8 Å². The van der Waals surface area contributed by atoms with E-state index in [0.717, 1.165) is 31.5 Å². The van der Waals surface area contributed by atoms with E-state index in [-0.39, 0.29) is 5.91 Å². The van der Waals surface area contributed by atoms with Crippen LogP contribution in [0.3, 0.4) is 0 Å². The average molecular weight is 285 g/mol. The standard InChI is InChI=1S/C15H19N5O/c1-2-11-4-3-6-17-14(11)15(21)19-12-8-18-20(10-12)13-5-7-16-9-13/h3-4,6,8,10,13,16H,2,5,7,9H2,1H3,(H,19,21). The van der Waals surface area contributed by atoms with Crippen LogP contribution in [-0.4, -0.2) is 33.8 Å². The topological polar surface area (TPSA) is 71.8 Å². The van der Waals surface area contributed by atoms with Crippen LogP contribution >= 0.6 is 0 Å². The Balaban J connectivity index is 1.72. The molecule has 0 radical (unpaired) electrons. The van der Waals surface area contributed by atoms with Gasteiger partial charge in [0.2, 0.25) is 0 Å². The zero-order valence-corrected chi connectivity index (χ0v) is 12.0. The molecule has 1 saturated heterocycles. The molecule has 6 heteroatoms. The van der Waals surface area contributed by atoms with Gasteiger partial charge in [0.15, 0.2) is 0 Å². The second-order valence-corrected chi connectivity index (χ2v) is 5.17. The van der Waals surface area contributed by atoms with Crippen LogP contribution in [0.2, 0.25) is 0 Å². The largest absolute Gasteiger partial charge is 0.318 e. The van der Waals surface area contributed by atoms with Gasteiger partial charge in [-0.1, -0.05) is 13.0 Å². The molecule has 1 aliphatic rings. The lowest BCUT2D eigenvalue weighted by atomic mass is 10.1. The van der Waals surface area contributed by atoms with Crippen molar-refractivity contribution in [3.05, 3.63) is 42.0 Å². The molecule has 1 unspecified atom stereocenters. The van der Waals surface area contributed by atoms with Crippen LogP contribution in [0.5, 0.6) is 0 Å². The zero-order valence-electron chi connectivity index (χ0n) is 12.0. The quantitative estimate of drug-likeness (QED) is 0.895. The van der Waals surface area contributed by atoms with Crippen LogP contribution in [0, 0.1) is 0 Å². The number of carbonyl (C=O) groups excluding carboxylic acids is 1. The Labute approximate surface area is 123 Å². The number of nitrogens with one attached hydrogen (secondary N) is 2. The van der Waals surface area contributed by atoms with Crippen LogP contribution in [0.4, 0.5) is 5.69 Å². The summed E-state index contributed by atoms with van der Waals surface area (Å²) in [7, 11) is 0. The van der Waals surface area contributed by atoms with E-state index in [1.54, 1.807) is 12.4 Å². The van der Waals surface area contributed by atoms with Crippen molar-refractivity contribution >= 4 is 11.6 Å². The van der Waals surface area contributed by atoms with Crippen LogP contribution in [0.15, 0.2) is 30.7 Å². The summed E-state index contributed by atoms with van der Waals surface area (Å²) in [5.74, 6) is -0.184. The molecule has 2 aromatic rings. The molecule has 0 bridgehead atoms. The number of aryl methyl sites for hydroxylation is 1. The minimum Gasteiger partial charge on any atom is -0.318 e. The number of carbonyl (C=O) groups is 1. The Morgan fingerprint density at radius 1 is 1.57 bits per heavy atom. The normalized spacial score (nSPS) is 17.9. The fraction of sp³-hybridized carbons (Fsp3) is 0.400. The summed E-state index contributed by atoms with van der Waals surface area (Å²) >= 11 is 0. The first-order chi connectivity index (χ1) is 10.3. The van der Waals surface area contributed by atoms with Gasteiger partial charge in [-0.3, -0.25) is 14.5 Å². The molecular weight excluding hydrogens is 266 g/mol. The summed E-state index contributed by atoms with van der Waals surface area (Å²) in [4.78, 5) is 16.5. The third kappa shape index (κ3) is 2.95. The number of nitrogens with zero attached hydrogens (tertiary/aromatic N) is 3. The molecule has 1 amide bonds. The maximum atomic E-state index is 12.3. The molecule has 1 aliphatic heterocycles. The summed E-state index contributed by atoms with van der Waals surface area (Å²) in [6, 6.07) is 4.15. The van der Waals surface area contributed by atoms with Gasteiger partial charge in [-0.2, -0.15) is 5.10 Å². The monoisotopic (exact) mass is 285 g/mol. The summed E-state index contributed by atoms with van der Waals surface area (Å²) in [6.45, 7) is 3.95. The van der Waals surface area contributed by atoms with E-state index in [4.69, 9.17) is 0 Å². The highest BCUT2D eigenvalue weighted by Gasteiger charge is 2.18. The Morgan fingerprint density at radius 2 is 2.48 bits per heavy atom. The third-order valence-corrected chi connectivity index (χ3v) is 3.76. The van der Waals surface area contributed by atoms with Gasteiger partial charge in [-0.15, -0.1) is 0 Å². The zero-order chi connectivity index (χ0) is 14.7. The van der Waals surface area contributed by atoms with Crippen LogP contribution in [0.25, 0.3) is 0 Å². The van der Waals surface area contributed by atoms with Crippen molar-refractivity contribution in [2.24, 2.45) is 0 Å². The van der Waals surface area contributed by atoms with Crippen molar-refractivity contribution < 1.29 is 4.79 Å². The van der Waals surface area contributed by atoms with E-state index in [1.165, 1.54) is 0 Å². The Hall–Kier alpha value is -2.21. The van der Waals surface area contributed by atoms with E-state index in [9.17, 15) is 4.79 Å². The molecule has 6 nitrogen and oxygen atoms in total. The summed E-state index contributed by atoms with van der Waals surface area (Å²) in [6.07, 6.45) is 7.05. The highest BCUT2D eigenvalue weighted by atomic mass is 16.1. The molecule has 3 heterocycles. The lowest BCUT2D eigenvalue weighted by molar-refractivity contribution is 0.102. The van der Waals surface area contributed by atoms with E-state index in [1.807, 2.05) is 29.9 Å². The van der Waals surface area contributed by atoms with Gasteiger partial charge in [0.1, 0.15) is 5.69 Å². The average Bonchev–Trinajstić information content (AvgIpc) is 3.17. The van der Waals surface area contributed by atoms with Gasteiger partial charge >= 0.3 is 0 Å². The molecule has 3 rings (SSSR count). The molecule has 110 valence electrons. The number of anilines is 1. The first-order valence-electron chi connectivity index (χ1n) is 7.28. The molecule has 0 saturated carbocycles. The van der Waals surface area contributed by atoms with E-state index in [2.05, 4.69) is 20.7 Å². The smallest absolute Gasteiger partial charge is 0.274 e. The van der Waals surface area contributed by atoms with E-state index < -0.39 is 0 Å². The molecule has 2 aromatic heterocycles. The highest BCUT2D eigenvalue weighted by Crippen LogP contribution is 2.17. The van der Waals surface area contributed by atoms with Gasteiger partial charge in [-0.05, 0) is 31.0 Å². The molecule has 2 N–H and O–H groups in total. The van der Waals surface area contributed by atoms with Crippen molar-refractivity contribution in [1.82, 2.24) is 20.1 Å². The molecule has 0 aliphatic carbocycles. The van der Waals surface area contributed by atoms with Gasteiger partial charge in [-0.25, -0.2) is 0 Å². The molecular formula is C15H19N5O. The molecule has 1 atom stereocenters. The minimum absolute atomic E-state index is 0.184.